The number of benzene rings is 1. The molecule has 11 heteroatoms. The molecule has 0 bridgehead atoms. The Morgan fingerprint density at radius 1 is 1.32 bits per heavy atom. The van der Waals surface area contributed by atoms with E-state index in [2.05, 4.69) is 15.5 Å². The summed E-state index contributed by atoms with van der Waals surface area (Å²) in [5, 5.41) is 14.3. The number of aromatic nitrogens is 1. The summed E-state index contributed by atoms with van der Waals surface area (Å²) in [4.78, 5) is 26.2. The molecule has 130 valence electrons. The van der Waals surface area contributed by atoms with E-state index in [1.54, 1.807) is 13.0 Å². The van der Waals surface area contributed by atoms with E-state index >= 15 is 0 Å². The van der Waals surface area contributed by atoms with Crippen LogP contribution in [0.2, 0.25) is 15.2 Å². The fraction of sp³-hybridized carbons (Fsp3) is 0.0714. The number of nitrogens with two attached hydrogens (primary N) is 1. The third kappa shape index (κ3) is 4.16. The maximum atomic E-state index is 12.2. The number of non-ortho nitro benzene ring substituents is 1. The average Bonchev–Trinajstić information content (AvgIpc) is 2.60. The normalized spacial score (nSPS) is 11.3. The molecule has 25 heavy (non-hydrogen) atoms. The van der Waals surface area contributed by atoms with Gasteiger partial charge in [-0.05, 0) is 6.92 Å². The molecule has 0 saturated heterocycles. The molecule has 0 spiro atoms. The van der Waals surface area contributed by atoms with Gasteiger partial charge in [-0.2, -0.15) is 5.10 Å². The van der Waals surface area contributed by atoms with Crippen LogP contribution >= 0.6 is 34.8 Å². The van der Waals surface area contributed by atoms with Crippen molar-refractivity contribution in [3.63, 3.8) is 0 Å². The fourth-order valence-corrected chi connectivity index (χ4v) is 2.37. The van der Waals surface area contributed by atoms with Crippen molar-refractivity contribution in [2.45, 2.75) is 6.92 Å². The molecule has 0 aliphatic carbocycles. The number of carbonyl (C=O) groups is 1. The minimum Gasteiger partial charge on any atom is -0.396 e. The lowest BCUT2D eigenvalue weighted by Crippen LogP contribution is -2.21. The molecule has 2 aromatic rings. The van der Waals surface area contributed by atoms with Crippen LogP contribution in [0, 0.1) is 10.1 Å². The Hall–Kier alpha value is -2.42. The quantitative estimate of drug-likeness (QED) is 0.349. The predicted molar refractivity (Wildman–Crippen MR) is 96.5 cm³/mol. The van der Waals surface area contributed by atoms with Gasteiger partial charge in [0.15, 0.2) is 10.8 Å². The van der Waals surface area contributed by atoms with Crippen LogP contribution in [0.5, 0.6) is 0 Å². The Bertz CT molecular complexity index is 902. The van der Waals surface area contributed by atoms with Crippen molar-refractivity contribution in [1.29, 1.82) is 0 Å². The SMILES string of the molecule is C/C(=N/NC(=O)c1nc(Cl)c(Cl)c(N)c1Cl)c1cccc([N+](=O)[O-])c1. The molecule has 0 saturated carbocycles. The summed E-state index contributed by atoms with van der Waals surface area (Å²) in [6, 6.07) is 5.79. The molecule has 3 N–H and O–H groups in total. The number of anilines is 1. The van der Waals surface area contributed by atoms with Gasteiger partial charge >= 0.3 is 0 Å². The number of nitrogen functional groups attached to an aromatic ring is 1. The van der Waals surface area contributed by atoms with Crippen LogP contribution in [0.25, 0.3) is 0 Å². The zero-order valence-corrected chi connectivity index (χ0v) is 14.9. The van der Waals surface area contributed by atoms with Gasteiger partial charge in [-0.15, -0.1) is 0 Å². The van der Waals surface area contributed by atoms with Crippen LogP contribution in [0.1, 0.15) is 23.0 Å². The second-order valence-corrected chi connectivity index (χ2v) is 5.85. The summed E-state index contributed by atoms with van der Waals surface area (Å²) in [7, 11) is 0. The lowest BCUT2D eigenvalue weighted by Gasteiger charge is -2.08. The number of nitro groups is 1. The molecule has 1 amide bonds. The van der Waals surface area contributed by atoms with E-state index in [0.717, 1.165) is 0 Å². The molecular formula is C14H10Cl3N5O3. The minimum atomic E-state index is -0.764. The fourth-order valence-electron chi connectivity index (χ4n) is 1.78. The zero-order valence-electron chi connectivity index (χ0n) is 12.6. The second-order valence-electron chi connectivity index (χ2n) is 4.74. The lowest BCUT2D eigenvalue weighted by molar-refractivity contribution is -0.384. The molecule has 0 fully saturated rings. The topological polar surface area (TPSA) is 124 Å². The van der Waals surface area contributed by atoms with Gasteiger partial charge in [0.05, 0.1) is 21.3 Å². The Kier molecular flexibility index (Phi) is 5.78. The van der Waals surface area contributed by atoms with Crippen LogP contribution in [0.4, 0.5) is 11.4 Å². The first-order valence-electron chi connectivity index (χ1n) is 6.61. The van der Waals surface area contributed by atoms with Crippen molar-refractivity contribution in [3.8, 4) is 0 Å². The Balaban J connectivity index is 2.26. The highest BCUT2D eigenvalue weighted by Gasteiger charge is 2.19. The van der Waals surface area contributed by atoms with Gasteiger partial charge in [0.25, 0.3) is 11.6 Å². The maximum absolute atomic E-state index is 12.2. The maximum Gasteiger partial charge on any atom is 0.291 e. The standard InChI is InChI=1S/C14H10Cl3N5O3/c1-6(7-3-2-4-8(5-7)22(24)25)20-21-14(23)12-9(15)11(18)10(16)13(17)19-12/h2-5H,1H3,(H2,18,19)(H,21,23)/b20-6-. The molecule has 8 nitrogen and oxygen atoms in total. The summed E-state index contributed by atoms with van der Waals surface area (Å²) in [6.07, 6.45) is 0. The number of hydrogen-bond donors (Lipinski definition) is 2. The van der Waals surface area contributed by atoms with E-state index in [1.165, 1.54) is 18.2 Å². The molecule has 0 aliphatic rings. The highest BCUT2D eigenvalue weighted by Crippen LogP contribution is 2.34. The number of amides is 1. The van der Waals surface area contributed by atoms with E-state index in [-0.39, 0.29) is 32.3 Å². The highest BCUT2D eigenvalue weighted by molar-refractivity contribution is 6.46. The smallest absolute Gasteiger partial charge is 0.291 e. The molecular weight excluding hydrogens is 393 g/mol. The molecule has 0 radical (unpaired) electrons. The molecule has 0 unspecified atom stereocenters. The average molecular weight is 403 g/mol. The summed E-state index contributed by atoms with van der Waals surface area (Å²) in [5.41, 5.74) is 8.26. The van der Waals surface area contributed by atoms with Crippen molar-refractivity contribution in [1.82, 2.24) is 10.4 Å². The van der Waals surface area contributed by atoms with Crippen LogP contribution in [-0.4, -0.2) is 21.5 Å². The van der Waals surface area contributed by atoms with Gasteiger partial charge in [-0.3, -0.25) is 14.9 Å². The van der Waals surface area contributed by atoms with E-state index in [9.17, 15) is 14.9 Å². The van der Waals surface area contributed by atoms with Gasteiger partial charge in [0.1, 0.15) is 5.02 Å². The molecule has 1 aromatic heterocycles. The highest BCUT2D eigenvalue weighted by atomic mass is 35.5. The number of nitrogens with one attached hydrogen (secondary N) is 1. The van der Waals surface area contributed by atoms with Crippen molar-refractivity contribution in [2.75, 3.05) is 5.73 Å². The number of hydrazone groups is 1. The summed E-state index contributed by atoms with van der Waals surface area (Å²) >= 11 is 17.5. The van der Waals surface area contributed by atoms with Gasteiger partial charge in [0.2, 0.25) is 0 Å². The van der Waals surface area contributed by atoms with Gasteiger partial charge in [-0.25, -0.2) is 10.4 Å². The number of pyridine rings is 1. The van der Waals surface area contributed by atoms with Crippen LogP contribution < -0.4 is 11.2 Å². The van der Waals surface area contributed by atoms with Gasteiger partial charge in [-0.1, -0.05) is 46.9 Å². The van der Waals surface area contributed by atoms with Gasteiger partial charge < -0.3 is 5.73 Å². The van der Waals surface area contributed by atoms with E-state index < -0.39 is 10.8 Å². The van der Waals surface area contributed by atoms with Crippen LogP contribution in [0.3, 0.4) is 0 Å². The third-order valence-corrected chi connectivity index (χ3v) is 4.22. The number of nitro benzene ring substituents is 1. The van der Waals surface area contributed by atoms with Crippen molar-refractivity contribution in [3.05, 3.63) is 60.8 Å². The molecule has 0 atom stereocenters. The Labute approximate surface area is 156 Å². The number of hydrogen-bond acceptors (Lipinski definition) is 6. The third-order valence-electron chi connectivity index (χ3n) is 3.09. The lowest BCUT2D eigenvalue weighted by atomic mass is 10.1. The van der Waals surface area contributed by atoms with E-state index in [0.29, 0.717) is 11.3 Å². The number of halogens is 3. The first kappa shape index (κ1) is 18.9. The summed E-state index contributed by atoms with van der Waals surface area (Å²) in [5.74, 6) is -0.764. The Morgan fingerprint density at radius 3 is 2.64 bits per heavy atom. The summed E-state index contributed by atoms with van der Waals surface area (Å²) in [6.45, 7) is 1.57. The number of nitrogens with zero attached hydrogens (tertiary/aromatic N) is 3. The van der Waals surface area contributed by atoms with Crippen molar-refractivity contribution < 1.29 is 9.72 Å². The number of carbonyl (C=O) groups excluding carboxylic acids is 1. The first-order chi connectivity index (χ1) is 11.7. The number of rotatable bonds is 4. The van der Waals surface area contributed by atoms with Crippen molar-refractivity contribution in [2.24, 2.45) is 5.10 Å². The molecule has 1 aromatic carbocycles. The van der Waals surface area contributed by atoms with Crippen LogP contribution in [0.15, 0.2) is 29.4 Å². The van der Waals surface area contributed by atoms with Crippen LogP contribution in [-0.2, 0) is 0 Å². The zero-order chi connectivity index (χ0) is 18.7. The largest absolute Gasteiger partial charge is 0.396 e. The van der Waals surface area contributed by atoms with Crippen molar-refractivity contribution >= 4 is 57.8 Å². The Morgan fingerprint density at radius 2 is 2.00 bits per heavy atom. The van der Waals surface area contributed by atoms with E-state index in [1.807, 2.05) is 0 Å². The predicted octanol–water partition coefficient (Wildman–Crippen LogP) is 3.69. The van der Waals surface area contributed by atoms with E-state index in [4.69, 9.17) is 40.5 Å². The molecule has 1 heterocycles. The molecule has 2 rings (SSSR count). The first-order valence-corrected chi connectivity index (χ1v) is 7.75. The molecule has 0 aliphatic heterocycles. The minimum absolute atomic E-state index is 0.0560. The monoisotopic (exact) mass is 401 g/mol. The summed E-state index contributed by atoms with van der Waals surface area (Å²) < 4.78 is 0. The second kappa shape index (κ2) is 7.64. The van der Waals surface area contributed by atoms with Gasteiger partial charge in [0, 0.05) is 17.7 Å².